The zero-order valence-corrected chi connectivity index (χ0v) is 16.8. The molecule has 1 amide bonds. The summed E-state index contributed by atoms with van der Waals surface area (Å²) in [7, 11) is 0. The van der Waals surface area contributed by atoms with E-state index in [1.54, 1.807) is 18.2 Å². The van der Waals surface area contributed by atoms with E-state index in [1.165, 1.54) is 17.3 Å². The fourth-order valence-electron chi connectivity index (χ4n) is 3.27. The van der Waals surface area contributed by atoms with E-state index in [4.69, 9.17) is 17.3 Å². The van der Waals surface area contributed by atoms with Crippen LogP contribution in [0.1, 0.15) is 41.0 Å². The largest absolute Gasteiger partial charge is 0.378 e. The predicted octanol–water partition coefficient (Wildman–Crippen LogP) is 1.64. The fourth-order valence-corrected chi connectivity index (χ4v) is 3.47. The van der Waals surface area contributed by atoms with Gasteiger partial charge in [-0.2, -0.15) is 9.78 Å². The van der Waals surface area contributed by atoms with Crippen molar-refractivity contribution in [2.75, 3.05) is 18.8 Å². The molecule has 30 heavy (non-hydrogen) atoms. The van der Waals surface area contributed by atoms with Crippen LogP contribution in [-0.4, -0.2) is 55.4 Å². The number of hydrogen-bond donors (Lipinski definition) is 2. The molecule has 2 aromatic heterocycles. The van der Waals surface area contributed by atoms with Gasteiger partial charge in [-0.15, -0.1) is 5.10 Å². The number of nitrogen functional groups attached to an aromatic ring is 1. The van der Waals surface area contributed by atoms with E-state index in [2.05, 4.69) is 40.7 Å². The van der Waals surface area contributed by atoms with Crippen molar-refractivity contribution >= 4 is 29.5 Å². The molecule has 156 valence electrons. The topological polar surface area (TPSA) is 140 Å². The van der Waals surface area contributed by atoms with Gasteiger partial charge in [0.05, 0.1) is 6.21 Å². The van der Waals surface area contributed by atoms with Crippen molar-refractivity contribution in [2.45, 2.75) is 25.8 Å². The number of amides is 1. The van der Waals surface area contributed by atoms with Gasteiger partial charge in [0.25, 0.3) is 5.91 Å². The number of carbonyl (C=O) groups excluding carboxylic acids is 1. The van der Waals surface area contributed by atoms with Gasteiger partial charge in [0, 0.05) is 11.6 Å². The SMILES string of the molecule is Nc1nonc1-n1nnc(CN2CCCCC2)c1C(=O)N/N=C/c1cccc(Cl)c1. The van der Waals surface area contributed by atoms with E-state index in [9.17, 15) is 4.79 Å². The standard InChI is InChI=1S/C18H20ClN9O2/c19-13-6-4-5-12(9-13)10-21-23-18(29)15-14(11-27-7-2-1-3-8-27)22-26-28(15)17-16(20)24-30-25-17/h4-6,9-10H,1-3,7-8,11H2,(H2,20,24)(H,23,29)/b21-10+. The van der Waals surface area contributed by atoms with Crippen LogP contribution in [0.2, 0.25) is 5.02 Å². The second kappa shape index (κ2) is 9.01. The van der Waals surface area contributed by atoms with Gasteiger partial charge in [-0.3, -0.25) is 9.69 Å². The molecule has 0 unspecified atom stereocenters. The van der Waals surface area contributed by atoms with Gasteiger partial charge in [-0.1, -0.05) is 35.4 Å². The molecule has 1 aliphatic heterocycles. The molecular weight excluding hydrogens is 410 g/mol. The number of hydrazone groups is 1. The third-order valence-corrected chi connectivity index (χ3v) is 4.94. The Morgan fingerprint density at radius 1 is 1.30 bits per heavy atom. The minimum Gasteiger partial charge on any atom is -0.378 e. The number of halogens is 1. The average Bonchev–Trinajstić information content (AvgIpc) is 3.34. The normalized spacial score (nSPS) is 15.0. The van der Waals surface area contributed by atoms with Crippen LogP contribution >= 0.6 is 11.6 Å². The molecule has 4 rings (SSSR count). The third-order valence-electron chi connectivity index (χ3n) is 4.70. The van der Waals surface area contributed by atoms with Crippen LogP contribution in [0, 0.1) is 0 Å². The maximum Gasteiger partial charge on any atom is 0.292 e. The first-order valence-corrected chi connectivity index (χ1v) is 9.84. The van der Waals surface area contributed by atoms with Crippen LogP contribution in [0.15, 0.2) is 34.0 Å². The van der Waals surface area contributed by atoms with Gasteiger partial charge < -0.3 is 5.73 Å². The highest BCUT2D eigenvalue weighted by atomic mass is 35.5. The van der Waals surface area contributed by atoms with Crippen molar-refractivity contribution in [1.82, 2.24) is 35.6 Å². The van der Waals surface area contributed by atoms with Crippen LogP contribution in [0.3, 0.4) is 0 Å². The molecule has 0 spiro atoms. The molecule has 11 nitrogen and oxygen atoms in total. The summed E-state index contributed by atoms with van der Waals surface area (Å²) in [6.07, 6.45) is 4.92. The second-order valence-electron chi connectivity index (χ2n) is 6.86. The van der Waals surface area contributed by atoms with Gasteiger partial charge in [-0.25, -0.2) is 10.1 Å². The van der Waals surface area contributed by atoms with Crippen molar-refractivity contribution in [3.8, 4) is 5.82 Å². The Morgan fingerprint density at radius 2 is 2.13 bits per heavy atom. The Hall–Kier alpha value is -3.31. The van der Waals surface area contributed by atoms with Gasteiger partial charge in [0.1, 0.15) is 5.69 Å². The lowest BCUT2D eigenvalue weighted by atomic mass is 10.1. The molecular formula is C18H20ClN9O2. The molecule has 1 aliphatic rings. The van der Waals surface area contributed by atoms with Gasteiger partial charge in [0.15, 0.2) is 5.69 Å². The monoisotopic (exact) mass is 429 g/mol. The van der Waals surface area contributed by atoms with E-state index in [0.29, 0.717) is 17.3 Å². The first-order chi connectivity index (χ1) is 14.6. The lowest BCUT2D eigenvalue weighted by Gasteiger charge is -2.25. The third kappa shape index (κ3) is 4.47. The zero-order chi connectivity index (χ0) is 20.9. The Balaban J connectivity index is 1.59. The van der Waals surface area contributed by atoms with Crippen molar-refractivity contribution < 1.29 is 9.42 Å². The number of nitrogens with two attached hydrogens (primary N) is 1. The van der Waals surface area contributed by atoms with Crippen molar-refractivity contribution in [1.29, 1.82) is 0 Å². The first kappa shape index (κ1) is 20.0. The van der Waals surface area contributed by atoms with Crippen LogP contribution in [0.4, 0.5) is 5.82 Å². The number of piperidine rings is 1. The van der Waals surface area contributed by atoms with Crippen LogP contribution in [-0.2, 0) is 6.54 Å². The van der Waals surface area contributed by atoms with Crippen LogP contribution in [0.5, 0.6) is 0 Å². The smallest absolute Gasteiger partial charge is 0.292 e. The van der Waals surface area contributed by atoms with Crippen molar-refractivity contribution in [2.24, 2.45) is 5.10 Å². The molecule has 0 saturated carbocycles. The number of aromatic nitrogens is 5. The Labute approximate surface area is 176 Å². The van der Waals surface area contributed by atoms with E-state index < -0.39 is 5.91 Å². The average molecular weight is 430 g/mol. The molecule has 0 aliphatic carbocycles. The Kier molecular flexibility index (Phi) is 6.00. The Bertz CT molecular complexity index is 1060. The molecule has 3 aromatic rings. The van der Waals surface area contributed by atoms with Gasteiger partial charge in [0.2, 0.25) is 11.6 Å². The quantitative estimate of drug-likeness (QED) is 0.445. The minimum absolute atomic E-state index is 0.000834. The number of rotatable bonds is 6. The number of anilines is 1. The summed E-state index contributed by atoms with van der Waals surface area (Å²) in [5, 5.41) is 20.1. The zero-order valence-electron chi connectivity index (χ0n) is 16.0. The highest BCUT2D eigenvalue weighted by molar-refractivity contribution is 6.30. The second-order valence-corrected chi connectivity index (χ2v) is 7.30. The highest BCUT2D eigenvalue weighted by Gasteiger charge is 2.26. The van der Waals surface area contributed by atoms with Crippen molar-refractivity contribution in [3.63, 3.8) is 0 Å². The van der Waals surface area contributed by atoms with Crippen LogP contribution in [0.25, 0.3) is 5.82 Å². The fraction of sp³-hybridized carbons (Fsp3) is 0.333. The number of hydrogen-bond acceptors (Lipinski definition) is 9. The molecule has 1 aromatic carbocycles. The molecule has 1 saturated heterocycles. The lowest BCUT2D eigenvalue weighted by molar-refractivity contribution is 0.0944. The summed E-state index contributed by atoms with van der Waals surface area (Å²) >= 11 is 5.97. The van der Waals surface area contributed by atoms with E-state index in [1.807, 2.05) is 6.07 Å². The predicted molar refractivity (Wildman–Crippen MR) is 109 cm³/mol. The van der Waals surface area contributed by atoms with E-state index in [0.717, 1.165) is 31.5 Å². The summed E-state index contributed by atoms with van der Waals surface area (Å²) in [6, 6.07) is 7.09. The maximum atomic E-state index is 13.0. The molecule has 12 heteroatoms. The highest BCUT2D eigenvalue weighted by Crippen LogP contribution is 2.19. The maximum absolute atomic E-state index is 13.0. The number of nitrogens with one attached hydrogen (secondary N) is 1. The summed E-state index contributed by atoms with van der Waals surface area (Å²) < 4.78 is 5.86. The minimum atomic E-state index is -0.507. The number of benzene rings is 1. The van der Waals surface area contributed by atoms with E-state index in [-0.39, 0.29) is 17.3 Å². The van der Waals surface area contributed by atoms with Gasteiger partial charge >= 0.3 is 0 Å². The summed E-state index contributed by atoms with van der Waals surface area (Å²) in [5.41, 5.74) is 9.70. The van der Waals surface area contributed by atoms with Crippen molar-refractivity contribution in [3.05, 3.63) is 46.2 Å². The number of likely N-dealkylation sites (tertiary alicyclic amines) is 1. The molecule has 3 N–H and O–H groups in total. The molecule has 0 bridgehead atoms. The number of nitrogens with zero attached hydrogens (tertiary/aromatic N) is 7. The molecule has 0 radical (unpaired) electrons. The summed E-state index contributed by atoms with van der Waals surface area (Å²) in [5.74, 6) is -0.412. The molecule has 3 heterocycles. The summed E-state index contributed by atoms with van der Waals surface area (Å²) in [6.45, 7) is 2.36. The number of carbonyl (C=O) groups is 1. The van der Waals surface area contributed by atoms with Gasteiger partial charge in [-0.05, 0) is 53.9 Å². The van der Waals surface area contributed by atoms with E-state index >= 15 is 0 Å². The lowest BCUT2D eigenvalue weighted by Crippen LogP contribution is -2.31. The van der Waals surface area contributed by atoms with Crippen LogP contribution < -0.4 is 11.2 Å². The molecule has 1 fully saturated rings. The Morgan fingerprint density at radius 3 is 2.87 bits per heavy atom. The first-order valence-electron chi connectivity index (χ1n) is 9.46. The summed E-state index contributed by atoms with van der Waals surface area (Å²) in [4.78, 5) is 15.2. The molecule has 0 atom stereocenters.